The number of imidazole rings is 2. The summed E-state index contributed by atoms with van der Waals surface area (Å²) >= 11 is 3.56. The molecule has 0 atom stereocenters. The fourth-order valence-corrected chi connectivity index (χ4v) is 16.4. The molecule has 16 heteroatoms. The minimum Gasteiger partial charge on any atom is -0.454 e. The monoisotopic (exact) mass is 1590 g/mol. The number of nitrogens with zero attached hydrogens (tertiary/aromatic N) is 10. The van der Waals surface area contributed by atoms with Gasteiger partial charge < -0.3 is 18.1 Å². The topological polar surface area (TPSA) is 157 Å². The van der Waals surface area contributed by atoms with Gasteiger partial charge in [0.15, 0.2) is 46.1 Å². The third kappa shape index (κ3) is 12.9. The molecule has 0 unspecified atom stereocenters. The van der Waals surface area contributed by atoms with Crippen LogP contribution in [-0.2, 0) is 9.31 Å². The largest absolute Gasteiger partial charge is 0.494 e. The second-order valence-corrected chi connectivity index (χ2v) is 31.5. The first-order chi connectivity index (χ1) is 57.8. The first-order valence-electron chi connectivity index (χ1n) is 39.3. The van der Waals surface area contributed by atoms with Gasteiger partial charge in [0, 0.05) is 70.2 Å². The first-order valence-corrected chi connectivity index (χ1v) is 40.1. The second-order valence-electron chi connectivity index (χ2n) is 30.6. The molecule has 14 aromatic carbocycles. The number of rotatable bonds is 10. The van der Waals surface area contributed by atoms with Crippen molar-refractivity contribution in [1.29, 1.82) is 0 Å². The Morgan fingerprint density at radius 2 is 0.576 bits per heavy atom. The number of aromatic nitrogens is 10. The zero-order chi connectivity index (χ0) is 79.2. The van der Waals surface area contributed by atoms with Gasteiger partial charge in [-0.1, -0.05) is 289 Å². The Kier molecular flexibility index (Phi) is 17.6. The lowest BCUT2D eigenvalue weighted by Crippen LogP contribution is -2.41. The maximum atomic E-state index is 6.64. The van der Waals surface area contributed by atoms with Crippen LogP contribution in [0.25, 0.3) is 201 Å². The lowest BCUT2D eigenvalue weighted by molar-refractivity contribution is 0.00578. The van der Waals surface area contributed by atoms with E-state index in [2.05, 4.69) is 222 Å². The molecule has 0 saturated carbocycles. The molecule has 0 amide bonds. The zero-order valence-corrected chi connectivity index (χ0v) is 66.1. The van der Waals surface area contributed by atoms with Gasteiger partial charge in [0.25, 0.3) is 0 Å². The number of hydrogen-bond donors (Lipinski definition) is 0. The van der Waals surface area contributed by atoms with Crippen molar-refractivity contribution in [3.8, 4) is 102 Å². The van der Waals surface area contributed by atoms with Crippen LogP contribution < -0.4 is 5.46 Å². The van der Waals surface area contributed by atoms with Crippen LogP contribution in [0, 0.1) is 0 Å². The highest BCUT2D eigenvalue weighted by Gasteiger charge is 2.52. The zero-order valence-electron chi connectivity index (χ0n) is 64.5. The van der Waals surface area contributed by atoms with Crippen molar-refractivity contribution in [1.82, 2.24) is 48.7 Å². The Bertz CT molecular complexity index is 7550. The molecule has 1 saturated heterocycles. The van der Waals surface area contributed by atoms with E-state index in [9.17, 15) is 0 Å². The Balaban J connectivity index is 0.000000117. The summed E-state index contributed by atoms with van der Waals surface area (Å²) in [7, 11) is -0.431. The van der Waals surface area contributed by atoms with E-state index in [4.69, 9.17) is 58.0 Å². The smallest absolute Gasteiger partial charge is 0.454 e. The van der Waals surface area contributed by atoms with Gasteiger partial charge in [-0.25, -0.2) is 39.9 Å². The SMILES string of the molecule is Brc1cccc(-c2cccc(-c3nc(-c4ccccc4)nc(-c4ccccc4)n3)c2)c1.CC1(C)OB(c2ccc3oc4c5ccccc5c5nc6ccccc6n5c4c3c2)OC1(C)C.c1ccc(-c2nc(-c3ccccc3)nc(-c3cccc(-c4cccc(-c5ccc6oc7c8ccccc8c8nc9ccccc9n8c7c6c5)c4)c3)n2)cc1. The fourth-order valence-electron chi connectivity index (χ4n) is 16.0. The number of halogens is 1. The van der Waals surface area contributed by atoms with Crippen molar-refractivity contribution < 1.29 is 18.1 Å². The Labute approximate surface area is 686 Å². The molecule has 562 valence electrons. The molecular formula is C102H70BBrN10O4. The van der Waals surface area contributed by atoms with Crippen LogP contribution in [0.5, 0.6) is 0 Å². The predicted octanol–water partition coefficient (Wildman–Crippen LogP) is 25.2. The van der Waals surface area contributed by atoms with Crippen LogP contribution in [0.3, 0.4) is 0 Å². The third-order valence-corrected chi connectivity index (χ3v) is 23.1. The lowest BCUT2D eigenvalue weighted by Gasteiger charge is -2.32. The van der Waals surface area contributed by atoms with E-state index in [1.165, 1.54) is 0 Å². The highest BCUT2D eigenvalue weighted by Crippen LogP contribution is 2.44. The summed E-state index contributed by atoms with van der Waals surface area (Å²) < 4.78 is 31.3. The molecule has 0 radical (unpaired) electrons. The first kappa shape index (κ1) is 71.4. The maximum absolute atomic E-state index is 6.64. The van der Waals surface area contributed by atoms with Gasteiger partial charge in [-0.2, -0.15) is 0 Å². The average Bonchev–Trinajstić information content (AvgIpc) is 1.55. The van der Waals surface area contributed by atoms with Crippen molar-refractivity contribution in [3.05, 3.63) is 356 Å². The number of pyridine rings is 2. The second kappa shape index (κ2) is 29.1. The number of hydrogen-bond acceptors (Lipinski definition) is 12. The van der Waals surface area contributed by atoms with Crippen molar-refractivity contribution >= 4 is 128 Å². The van der Waals surface area contributed by atoms with Crippen molar-refractivity contribution in [3.63, 3.8) is 0 Å². The molecule has 118 heavy (non-hydrogen) atoms. The van der Waals surface area contributed by atoms with Gasteiger partial charge in [0.2, 0.25) is 0 Å². The summed E-state index contributed by atoms with van der Waals surface area (Å²) in [4.78, 5) is 39.3. The third-order valence-electron chi connectivity index (χ3n) is 22.6. The van der Waals surface area contributed by atoms with Crippen LogP contribution in [0.1, 0.15) is 27.7 Å². The van der Waals surface area contributed by atoms with Crippen LogP contribution in [-0.4, -0.2) is 67.0 Å². The molecule has 0 N–H and O–H groups in total. The summed E-state index contributed by atoms with van der Waals surface area (Å²) in [6.45, 7) is 8.30. The molecule has 14 nitrogen and oxygen atoms in total. The quantitative estimate of drug-likeness (QED) is 0.120. The highest BCUT2D eigenvalue weighted by molar-refractivity contribution is 9.10. The highest BCUT2D eigenvalue weighted by atomic mass is 79.9. The maximum Gasteiger partial charge on any atom is 0.494 e. The van der Waals surface area contributed by atoms with E-state index < -0.39 is 18.3 Å². The van der Waals surface area contributed by atoms with E-state index in [1.54, 1.807) is 0 Å². The molecule has 23 rings (SSSR count). The summed E-state index contributed by atoms with van der Waals surface area (Å²) in [5, 5.41) is 6.33. The molecule has 9 heterocycles. The van der Waals surface area contributed by atoms with E-state index >= 15 is 0 Å². The predicted molar refractivity (Wildman–Crippen MR) is 481 cm³/mol. The van der Waals surface area contributed by atoms with Gasteiger partial charge >= 0.3 is 7.12 Å². The summed E-state index contributed by atoms with van der Waals surface area (Å²) in [6, 6.07) is 120. The van der Waals surface area contributed by atoms with E-state index in [-0.39, 0.29) is 0 Å². The number of fused-ring (bicyclic) bond motifs is 20. The van der Waals surface area contributed by atoms with Gasteiger partial charge in [0.05, 0.1) is 33.3 Å². The number of furan rings is 2. The van der Waals surface area contributed by atoms with Gasteiger partial charge in [-0.3, -0.25) is 8.80 Å². The number of benzene rings is 14. The Morgan fingerprint density at radius 3 is 0.992 bits per heavy atom. The van der Waals surface area contributed by atoms with Crippen molar-refractivity contribution in [2.24, 2.45) is 0 Å². The van der Waals surface area contributed by atoms with Crippen LogP contribution >= 0.6 is 15.9 Å². The van der Waals surface area contributed by atoms with Gasteiger partial charge in [-0.15, -0.1) is 0 Å². The molecule has 1 fully saturated rings. The van der Waals surface area contributed by atoms with Crippen LogP contribution in [0.4, 0.5) is 0 Å². The van der Waals surface area contributed by atoms with E-state index in [1.807, 2.05) is 182 Å². The standard InChI is InChI=1S/C48H29N5O.C27H23BN2O3.C27H18BrN3/c1-3-13-30(14-4-1)45-50-46(31-15-5-2-6-16-31)52-47(51-45)36-20-12-19-34(28-36)32-17-11-18-33(27-32)35-25-26-42-39(29-35)43-44(54-42)37-21-7-8-22-38(37)48-49-40-23-9-10-24-41(40)53(43)48;1-26(2)27(3,4)33-28(32-26)16-13-14-22-19(15-16)23-24(31-22)17-9-5-6-10-18(17)25-29-20-11-7-8-12-21(20)30(23)25;28-24-16-8-14-22(18-24)21-13-7-15-23(17-21)27-30-25(19-9-3-1-4-10-19)29-26(31-27)20-11-5-2-6-12-20/h1-29H;5-15H,1-4H3;1-18H. The van der Waals surface area contributed by atoms with Gasteiger partial charge in [0.1, 0.15) is 33.5 Å². The molecule has 0 spiro atoms. The molecule has 0 aliphatic carbocycles. The van der Waals surface area contributed by atoms with E-state index in [0.717, 1.165) is 176 Å². The lowest BCUT2D eigenvalue weighted by atomic mass is 9.78. The molecule has 1 aliphatic rings. The van der Waals surface area contributed by atoms with E-state index in [0.29, 0.717) is 34.9 Å². The molecular weight excluding hydrogens is 1520 g/mol. The summed E-state index contributed by atoms with van der Waals surface area (Å²) in [5.74, 6) is 3.90. The minimum absolute atomic E-state index is 0.394. The van der Waals surface area contributed by atoms with Gasteiger partial charge in [-0.05, 0) is 145 Å². The normalized spacial score (nSPS) is 13.2. The summed E-state index contributed by atoms with van der Waals surface area (Å²) in [6.07, 6.45) is 0. The molecule has 0 bridgehead atoms. The van der Waals surface area contributed by atoms with Crippen molar-refractivity contribution in [2.45, 2.75) is 38.9 Å². The minimum atomic E-state index is -0.431. The van der Waals surface area contributed by atoms with Crippen LogP contribution in [0.15, 0.2) is 365 Å². The Hall–Kier alpha value is -14.4. The summed E-state index contributed by atoms with van der Waals surface area (Å²) in [5.41, 5.74) is 23.9. The number of para-hydroxylation sites is 4. The molecule has 1 aliphatic heterocycles. The molecule has 22 aromatic rings. The van der Waals surface area contributed by atoms with Crippen molar-refractivity contribution in [2.75, 3.05) is 0 Å². The molecule has 8 aromatic heterocycles. The fraction of sp³-hybridized carbons (Fsp3) is 0.0588. The average molecular weight is 1590 g/mol. The van der Waals surface area contributed by atoms with Crippen LogP contribution in [0.2, 0.25) is 0 Å². The Morgan fingerprint density at radius 1 is 0.263 bits per heavy atom.